The molecule has 0 aliphatic carbocycles. The van der Waals surface area contributed by atoms with Crippen molar-refractivity contribution < 1.29 is 9.59 Å². The SMILES string of the molecule is NC(=O)CN(C(=O)c1c[nH]c(=O)cn1)C1CCNCC1. The molecule has 1 aliphatic heterocycles. The second kappa shape index (κ2) is 6.29. The van der Waals surface area contributed by atoms with Crippen molar-refractivity contribution in [3.8, 4) is 0 Å². The Morgan fingerprint density at radius 1 is 1.40 bits per heavy atom. The summed E-state index contributed by atoms with van der Waals surface area (Å²) in [4.78, 5) is 42.2. The van der Waals surface area contributed by atoms with Crippen LogP contribution in [0.1, 0.15) is 23.3 Å². The lowest BCUT2D eigenvalue weighted by Gasteiger charge is -2.33. The molecule has 2 rings (SSSR count). The third-order valence-electron chi connectivity index (χ3n) is 3.23. The van der Waals surface area contributed by atoms with Gasteiger partial charge in [0.05, 0.1) is 12.7 Å². The van der Waals surface area contributed by atoms with Gasteiger partial charge in [-0.15, -0.1) is 0 Å². The summed E-state index contributed by atoms with van der Waals surface area (Å²) in [6, 6.07) is -0.0509. The summed E-state index contributed by atoms with van der Waals surface area (Å²) in [6.45, 7) is 1.42. The van der Waals surface area contributed by atoms with Gasteiger partial charge >= 0.3 is 0 Å². The van der Waals surface area contributed by atoms with Crippen LogP contribution >= 0.6 is 0 Å². The van der Waals surface area contributed by atoms with Gasteiger partial charge in [0.1, 0.15) is 5.69 Å². The Morgan fingerprint density at radius 3 is 2.65 bits per heavy atom. The van der Waals surface area contributed by atoms with Crippen LogP contribution in [0.5, 0.6) is 0 Å². The van der Waals surface area contributed by atoms with Crippen LogP contribution < -0.4 is 16.6 Å². The zero-order valence-corrected chi connectivity index (χ0v) is 11.0. The molecule has 0 unspecified atom stereocenters. The molecule has 0 spiro atoms. The number of rotatable bonds is 4. The number of primary amides is 1. The first-order valence-electron chi connectivity index (χ1n) is 6.42. The average Bonchev–Trinajstić information content (AvgIpc) is 2.45. The zero-order valence-electron chi connectivity index (χ0n) is 11.0. The molecule has 8 nitrogen and oxygen atoms in total. The van der Waals surface area contributed by atoms with Crippen molar-refractivity contribution in [2.24, 2.45) is 5.73 Å². The van der Waals surface area contributed by atoms with Crippen LogP contribution in [-0.4, -0.2) is 52.4 Å². The van der Waals surface area contributed by atoms with E-state index in [1.54, 1.807) is 0 Å². The van der Waals surface area contributed by atoms with Crippen LogP contribution in [0.3, 0.4) is 0 Å². The largest absolute Gasteiger partial charge is 0.368 e. The number of aromatic nitrogens is 2. The Kier molecular flexibility index (Phi) is 4.46. The number of H-pyrrole nitrogens is 1. The highest BCUT2D eigenvalue weighted by Gasteiger charge is 2.28. The fraction of sp³-hybridized carbons (Fsp3) is 0.500. The van der Waals surface area contributed by atoms with Crippen LogP contribution in [0, 0.1) is 0 Å². The summed E-state index contributed by atoms with van der Waals surface area (Å²) in [5.74, 6) is -0.965. The minimum atomic E-state index is -0.568. The average molecular weight is 279 g/mol. The highest BCUT2D eigenvalue weighted by molar-refractivity contribution is 5.94. The molecule has 0 atom stereocenters. The zero-order chi connectivity index (χ0) is 14.5. The number of hydrogen-bond acceptors (Lipinski definition) is 5. The maximum Gasteiger partial charge on any atom is 0.274 e. The number of nitrogens with one attached hydrogen (secondary N) is 2. The third kappa shape index (κ3) is 3.41. The van der Waals surface area contributed by atoms with Gasteiger partial charge in [0.25, 0.3) is 11.5 Å². The van der Waals surface area contributed by atoms with Gasteiger partial charge in [-0.25, -0.2) is 4.98 Å². The second-order valence-corrected chi connectivity index (χ2v) is 4.68. The molecule has 108 valence electrons. The van der Waals surface area contributed by atoms with E-state index in [4.69, 9.17) is 5.73 Å². The van der Waals surface area contributed by atoms with Gasteiger partial charge in [-0.05, 0) is 25.9 Å². The van der Waals surface area contributed by atoms with Crippen LogP contribution in [0.15, 0.2) is 17.2 Å². The van der Waals surface area contributed by atoms with Crippen molar-refractivity contribution in [2.75, 3.05) is 19.6 Å². The topological polar surface area (TPSA) is 121 Å². The molecule has 1 aromatic rings. The fourth-order valence-electron chi connectivity index (χ4n) is 2.26. The van der Waals surface area contributed by atoms with Gasteiger partial charge in [-0.3, -0.25) is 14.4 Å². The van der Waals surface area contributed by atoms with Gasteiger partial charge in [-0.1, -0.05) is 0 Å². The normalized spacial score (nSPS) is 15.8. The summed E-state index contributed by atoms with van der Waals surface area (Å²) in [6.07, 6.45) is 3.79. The lowest BCUT2D eigenvalue weighted by atomic mass is 10.0. The number of amides is 2. The molecule has 2 amide bonds. The molecule has 2 heterocycles. The third-order valence-corrected chi connectivity index (χ3v) is 3.23. The molecule has 8 heteroatoms. The lowest BCUT2D eigenvalue weighted by molar-refractivity contribution is -0.119. The van der Waals surface area contributed by atoms with Gasteiger partial charge in [-0.2, -0.15) is 0 Å². The van der Waals surface area contributed by atoms with Crippen LogP contribution in [0.25, 0.3) is 0 Å². The van der Waals surface area contributed by atoms with E-state index in [-0.39, 0.29) is 23.8 Å². The van der Waals surface area contributed by atoms with Crippen molar-refractivity contribution in [2.45, 2.75) is 18.9 Å². The Morgan fingerprint density at radius 2 is 2.10 bits per heavy atom. The van der Waals surface area contributed by atoms with E-state index in [1.165, 1.54) is 11.1 Å². The van der Waals surface area contributed by atoms with Crippen LogP contribution in [-0.2, 0) is 4.79 Å². The highest BCUT2D eigenvalue weighted by atomic mass is 16.2. The molecule has 20 heavy (non-hydrogen) atoms. The predicted octanol–water partition coefficient (Wildman–Crippen LogP) is -1.55. The van der Waals surface area contributed by atoms with Crippen LogP contribution in [0.4, 0.5) is 0 Å². The molecule has 0 radical (unpaired) electrons. The van der Waals surface area contributed by atoms with E-state index in [9.17, 15) is 14.4 Å². The number of nitrogens with two attached hydrogens (primary N) is 1. The maximum absolute atomic E-state index is 12.4. The number of nitrogens with zero attached hydrogens (tertiary/aromatic N) is 2. The van der Waals surface area contributed by atoms with Crippen LogP contribution in [0.2, 0.25) is 0 Å². The quantitative estimate of drug-likeness (QED) is 0.616. The maximum atomic E-state index is 12.4. The smallest absolute Gasteiger partial charge is 0.274 e. The number of piperidine rings is 1. The first-order valence-corrected chi connectivity index (χ1v) is 6.42. The van der Waals surface area contributed by atoms with Crippen molar-refractivity contribution in [1.29, 1.82) is 0 Å². The van der Waals surface area contributed by atoms with E-state index in [1.807, 2.05) is 0 Å². The molecule has 0 aromatic carbocycles. The fourth-order valence-corrected chi connectivity index (χ4v) is 2.26. The van der Waals surface area contributed by atoms with Crippen molar-refractivity contribution in [3.63, 3.8) is 0 Å². The first-order chi connectivity index (χ1) is 9.58. The highest BCUT2D eigenvalue weighted by Crippen LogP contribution is 2.14. The van der Waals surface area contributed by atoms with Crippen molar-refractivity contribution in [1.82, 2.24) is 20.2 Å². The molecule has 0 saturated carbocycles. The number of carbonyl (C=O) groups excluding carboxylic acids is 2. The summed E-state index contributed by atoms with van der Waals surface area (Å²) in [5.41, 5.74) is 4.93. The standard InChI is InChI=1S/C12H17N5O3/c13-10(18)7-17(8-1-3-14-4-2-8)12(20)9-5-16-11(19)6-15-9/h5-6,8,14H,1-4,7H2,(H2,13,18)(H,16,19). The minimum absolute atomic E-state index is 0.0509. The summed E-state index contributed by atoms with van der Waals surface area (Å²) >= 11 is 0. The summed E-state index contributed by atoms with van der Waals surface area (Å²) < 4.78 is 0. The van der Waals surface area contributed by atoms with E-state index in [0.29, 0.717) is 0 Å². The van der Waals surface area contributed by atoms with E-state index in [0.717, 1.165) is 32.1 Å². The Bertz CT molecular complexity index is 530. The van der Waals surface area contributed by atoms with Gasteiger partial charge < -0.3 is 20.9 Å². The Hall–Kier alpha value is -2.22. The van der Waals surface area contributed by atoms with Crippen molar-refractivity contribution in [3.05, 3.63) is 28.4 Å². The Balaban J connectivity index is 2.20. The molecule has 4 N–H and O–H groups in total. The van der Waals surface area contributed by atoms with Gasteiger partial charge in [0, 0.05) is 12.2 Å². The number of carbonyl (C=O) groups is 2. The number of aromatic amines is 1. The van der Waals surface area contributed by atoms with Gasteiger partial charge in [0.15, 0.2) is 0 Å². The molecular weight excluding hydrogens is 262 g/mol. The van der Waals surface area contributed by atoms with E-state index in [2.05, 4.69) is 15.3 Å². The van der Waals surface area contributed by atoms with E-state index >= 15 is 0 Å². The number of hydrogen-bond donors (Lipinski definition) is 3. The molecule has 1 aromatic heterocycles. The molecule has 1 fully saturated rings. The molecule has 1 saturated heterocycles. The van der Waals surface area contributed by atoms with Crippen molar-refractivity contribution >= 4 is 11.8 Å². The second-order valence-electron chi connectivity index (χ2n) is 4.68. The Labute approximate surface area is 115 Å². The summed E-state index contributed by atoms with van der Waals surface area (Å²) in [7, 11) is 0. The first kappa shape index (κ1) is 14.2. The predicted molar refractivity (Wildman–Crippen MR) is 71.0 cm³/mol. The van der Waals surface area contributed by atoms with Gasteiger partial charge in [0.2, 0.25) is 5.91 Å². The molecule has 1 aliphatic rings. The van der Waals surface area contributed by atoms with E-state index < -0.39 is 11.8 Å². The summed E-state index contributed by atoms with van der Waals surface area (Å²) in [5, 5.41) is 3.19. The minimum Gasteiger partial charge on any atom is -0.368 e. The monoisotopic (exact) mass is 279 g/mol. The molecule has 0 bridgehead atoms. The lowest BCUT2D eigenvalue weighted by Crippen LogP contribution is -2.49. The molecular formula is C12H17N5O3.